The molecule has 2 heterocycles. The van der Waals surface area contributed by atoms with Gasteiger partial charge in [0, 0.05) is 12.4 Å². The Hall–Kier alpha value is -3.77. The lowest BCUT2D eigenvalue weighted by Gasteiger charge is -2.22. The molecule has 0 aliphatic heterocycles. The van der Waals surface area contributed by atoms with Crippen molar-refractivity contribution in [1.82, 2.24) is 9.97 Å². The predicted octanol–water partition coefficient (Wildman–Crippen LogP) is 6.09. The highest BCUT2D eigenvalue weighted by molar-refractivity contribution is 7.22. The Morgan fingerprint density at radius 1 is 1.00 bits per heavy atom. The summed E-state index contributed by atoms with van der Waals surface area (Å²) in [6, 6.07) is 23.5. The topological polar surface area (TPSA) is 55.3 Å². The summed E-state index contributed by atoms with van der Waals surface area (Å²) in [6.07, 6.45) is 3.51. The Morgan fingerprint density at radius 2 is 1.84 bits per heavy atom. The molecule has 0 spiro atoms. The molecule has 0 N–H and O–H groups in total. The number of thiazole rings is 1. The molecule has 158 valence electrons. The molecule has 1 amide bonds. The molecule has 0 saturated heterocycles. The van der Waals surface area contributed by atoms with Crippen LogP contribution in [0.3, 0.4) is 0 Å². The fourth-order valence-electron chi connectivity index (χ4n) is 3.76. The highest BCUT2D eigenvalue weighted by Crippen LogP contribution is 2.34. The molecular formula is C26H21N3O2S. The van der Waals surface area contributed by atoms with Gasteiger partial charge in [-0.25, -0.2) is 4.98 Å². The largest absolute Gasteiger partial charge is 0.493 e. The van der Waals surface area contributed by atoms with Crippen molar-refractivity contribution in [3.8, 4) is 5.75 Å². The van der Waals surface area contributed by atoms with Crippen molar-refractivity contribution in [1.29, 1.82) is 0 Å². The third-order valence-electron chi connectivity index (χ3n) is 5.23. The molecule has 2 aromatic heterocycles. The molecular weight excluding hydrogens is 418 g/mol. The summed E-state index contributed by atoms with van der Waals surface area (Å²) in [5.74, 6) is 0.432. The molecule has 3 aromatic carbocycles. The summed E-state index contributed by atoms with van der Waals surface area (Å²) < 4.78 is 6.92. The molecule has 6 heteroatoms. The fraction of sp³-hybridized carbons (Fsp3) is 0.115. The summed E-state index contributed by atoms with van der Waals surface area (Å²) >= 11 is 1.50. The monoisotopic (exact) mass is 439 g/mol. The highest BCUT2D eigenvalue weighted by Gasteiger charge is 2.26. The SMILES string of the molecule is CCOc1ccc2ccccc2c1C(=O)N(Cc1cccnc1)c1nc2ccccc2s1. The second-order valence-electron chi connectivity index (χ2n) is 7.31. The van der Waals surface area contributed by atoms with Crippen LogP contribution in [-0.4, -0.2) is 22.5 Å². The van der Waals surface area contributed by atoms with E-state index in [0.717, 1.165) is 26.6 Å². The molecule has 0 saturated carbocycles. The van der Waals surface area contributed by atoms with Crippen LogP contribution in [0, 0.1) is 0 Å². The number of benzene rings is 3. The van der Waals surface area contributed by atoms with E-state index in [2.05, 4.69) is 4.98 Å². The molecule has 0 unspecified atom stereocenters. The Balaban J connectivity index is 1.67. The van der Waals surface area contributed by atoms with E-state index in [9.17, 15) is 4.79 Å². The Bertz CT molecular complexity index is 1370. The van der Waals surface area contributed by atoms with Crippen LogP contribution in [0.2, 0.25) is 0 Å². The summed E-state index contributed by atoms with van der Waals surface area (Å²) in [7, 11) is 0. The molecule has 0 aliphatic rings. The first kappa shape index (κ1) is 20.2. The number of rotatable bonds is 6. The molecule has 32 heavy (non-hydrogen) atoms. The van der Waals surface area contributed by atoms with E-state index in [4.69, 9.17) is 9.72 Å². The minimum Gasteiger partial charge on any atom is -0.493 e. The summed E-state index contributed by atoms with van der Waals surface area (Å²) in [5.41, 5.74) is 2.35. The minimum absolute atomic E-state index is 0.145. The molecule has 0 atom stereocenters. The second kappa shape index (κ2) is 8.77. The highest BCUT2D eigenvalue weighted by atomic mass is 32.1. The first-order chi connectivity index (χ1) is 15.7. The van der Waals surface area contributed by atoms with Crippen LogP contribution in [0.4, 0.5) is 5.13 Å². The number of para-hydroxylation sites is 1. The zero-order valence-electron chi connectivity index (χ0n) is 17.6. The number of aromatic nitrogens is 2. The first-order valence-electron chi connectivity index (χ1n) is 10.5. The van der Waals surface area contributed by atoms with Crippen molar-refractivity contribution >= 4 is 43.4 Å². The van der Waals surface area contributed by atoms with E-state index < -0.39 is 0 Å². The van der Waals surface area contributed by atoms with Crippen molar-refractivity contribution in [3.63, 3.8) is 0 Å². The Morgan fingerprint density at radius 3 is 2.66 bits per heavy atom. The Labute approximate surface area is 189 Å². The molecule has 0 fully saturated rings. The van der Waals surface area contributed by atoms with Crippen molar-refractivity contribution < 1.29 is 9.53 Å². The smallest absolute Gasteiger partial charge is 0.264 e. The van der Waals surface area contributed by atoms with E-state index in [-0.39, 0.29) is 5.91 Å². The second-order valence-corrected chi connectivity index (χ2v) is 8.32. The number of ether oxygens (including phenoxy) is 1. The molecule has 0 bridgehead atoms. The van der Waals surface area contributed by atoms with E-state index in [1.54, 1.807) is 17.3 Å². The zero-order chi connectivity index (χ0) is 21.9. The summed E-state index contributed by atoms with van der Waals surface area (Å²) in [4.78, 5) is 24.9. The van der Waals surface area contributed by atoms with E-state index in [1.165, 1.54) is 11.3 Å². The lowest BCUT2D eigenvalue weighted by atomic mass is 10.0. The van der Waals surface area contributed by atoms with Crippen LogP contribution in [0.1, 0.15) is 22.8 Å². The van der Waals surface area contributed by atoms with Gasteiger partial charge < -0.3 is 4.74 Å². The molecule has 5 nitrogen and oxygen atoms in total. The molecule has 5 rings (SSSR count). The van der Waals surface area contributed by atoms with Crippen LogP contribution in [0.5, 0.6) is 5.75 Å². The van der Waals surface area contributed by atoms with Gasteiger partial charge in [-0.3, -0.25) is 14.7 Å². The summed E-state index contributed by atoms with van der Waals surface area (Å²) in [6.45, 7) is 2.76. The van der Waals surface area contributed by atoms with Gasteiger partial charge in [-0.2, -0.15) is 0 Å². The number of carbonyl (C=O) groups is 1. The van der Waals surface area contributed by atoms with Crippen LogP contribution >= 0.6 is 11.3 Å². The lowest BCUT2D eigenvalue weighted by molar-refractivity contribution is 0.0983. The van der Waals surface area contributed by atoms with Gasteiger partial charge in [-0.15, -0.1) is 0 Å². The summed E-state index contributed by atoms with van der Waals surface area (Å²) in [5, 5.41) is 2.50. The van der Waals surface area contributed by atoms with Crippen LogP contribution in [-0.2, 0) is 6.54 Å². The normalized spacial score (nSPS) is 11.0. The van der Waals surface area contributed by atoms with E-state index >= 15 is 0 Å². The fourth-order valence-corrected chi connectivity index (χ4v) is 4.72. The third kappa shape index (κ3) is 3.81. The van der Waals surface area contributed by atoms with Gasteiger partial charge in [-0.05, 0) is 47.5 Å². The Kier molecular flexibility index (Phi) is 5.52. The van der Waals surface area contributed by atoms with E-state index in [0.29, 0.717) is 29.6 Å². The maximum atomic E-state index is 14.1. The third-order valence-corrected chi connectivity index (χ3v) is 6.29. The number of hydrogen-bond acceptors (Lipinski definition) is 5. The van der Waals surface area contributed by atoms with Crippen LogP contribution in [0.15, 0.2) is 85.2 Å². The van der Waals surface area contributed by atoms with Gasteiger partial charge in [-0.1, -0.05) is 59.9 Å². The quantitative estimate of drug-likeness (QED) is 0.321. The molecule has 0 aliphatic carbocycles. The number of fused-ring (bicyclic) bond motifs is 2. The van der Waals surface area contributed by atoms with Gasteiger partial charge in [0.2, 0.25) is 0 Å². The maximum Gasteiger partial charge on any atom is 0.264 e. The van der Waals surface area contributed by atoms with Gasteiger partial charge in [0.25, 0.3) is 5.91 Å². The van der Waals surface area contributed by atoms with Crippen molar-refractivity contribution in [3.05, 3.63) is 96.3 Å². The van der Waals surface area contributed by atoms with Crippen molar-refractivity contribution in [2.75, 3.05) is 11.5 Å². The van der Waals surface area contributed by atoms with Crippen LogP contribution in [0.25, 0.3) is 21.0 Å². The number of anilines is 1. The van der Waals surface area contributed by atoms with Crippen molar-refractivity contribution in [2.45, 2.75) is 13.5 Å². The van der Waals surface area contributed by atoms with Crippen LogP contribution < -0.4 is 9.64 Å². The number of carbonyl (C=O) groups excluding carboxylic acids is 1. The predicted molar refractivity (Wildman–Crippen MR) is 129 cm³/mol. The lowest BCUT2D eigenvalue weighted by Crippen LogP contribution is -2.31. The van der Waals surface area contributed by atoms with Crippen molar-refractivity contribution in [2.24, 2.45) is 0 Å². The zero-order valence-corrected chi connectivity index (χ0v) is 18.4. The van der Waals surface area contributed by atoms with E-state index in [1.807, 2.05) is 79.7 Å². The first-order valence-corrected chi connectivity index (χ1v) is 11.3. The minimum atomic E-state index is -0.145. The number of nitrogens with zero attached hydrogens (tertiary/aromatic N) is 3. The molecule has 5 aromatic rings. The average Bonchev–Trinajstić information content (AvgIpc) is 3.27. The van der Waals surface area contributed by atoms with Gasteiger partial charge >= 0.3 is 0 Å². The standard InChI is InChI=1S/C26H21N3O2S/c1-2-31-22-14-13-19-9-3-4-10-20(19)24(22)25(30)29(17-18-8-7-15-27-16-18)26-28-21-11-5-6-12-23(21)32-26/h3-16H,2,17H2,1H3. The molecule has 0 radical (unpaired) electrons. The maximum absolute atomic E-state index is 14.1. The average molecular weight is 440 g/mol. The number of hydrogen-bond donors (Lipinski definition) is 0. The van der Waals surface area contributed by atoms with Gasteiger partial charge in [0.1, 0.15) is 5.75 Å². The number of pyridine rings is 1. The number of amides is 1. The van der Waals surface area contributed by atoms with Gasteiger partial charge in [0.15, 0.2) is 5.13 Å². The van der Waals surface area contributed by atoms with Gasteiger partial charge in [0.05, 0.1) is 28.9 Å².